The summed E-state index contributed by atoms with van der Waals surface area (Å²) in [5.41, 5.74) is 7.34. The van der Waals surface area contributed by atoms with Gasteiger partial charge in [-0.3, -0.25) is 101 Å². The van der Waals surface area contributed by atoms with Crippen LogP contribution >= 0.6 is 0 Å². The number of unbranched alkanes of at least 4 members (excludes halogenated alkanes) is 3. The van der Waals surface area contributed by atoms with Crippen molar-refractivity contribution in [3.05, 3.63) is 95.1 Å². The van der Waals surface area contributed by atoms with Crippen molar-refractivity contribution in [2.45, 2.75) is 336 Å². The van der Waals surface area contributed by atoms with E-state index in [1.54, 1.807) is 50.2 Å². The molecular formula is C100H145N19O30S. The number of likely N-dealkylation sites (tertiary alicyclic amines) is 3. The second-order valence-electron chi connectivity index (χ2n) is 39.3. The highest BCUT2D eigenvalue weighted by Gasteiger charge is 2.46. The summed E-state index contributed by atoms with van der Waals surface area (Å²) in [5, 5.41) is 109. The standard InChI is InChI=1S/C100H145N19O30S/c1-7-57(2)84(97(145)119-51-19-24-75(119)93(141)110-67(40-44-80(125)126)88(136)109-66(39-43-79(123)124)87(135)107-58(3)85(133)113-71(52-59-20-11-10-12-21-59)90(138)112-70(98(146)147)42-46-82(129)130)115-94(142)76-25-18-50-118(76)95(143)68(41-45-81(127)128)111-89(137)72(53-60-29-35-64(120)36-30-60)114-91(139)73(54-83(131)132)108-78(122)56-105-77(121)26-13-8-9-15-47-103-86(134)62-31-27-61(28-32-62)55-106-92(140)74-23-14-16-49-117(74)96(144)69(22-17-48-104-99(101)102)116-150(148,149)65-37-33-63(34-38-65)100(4,5)6/h27-38,57-59,66-76,84,116,120H,7-26,39-56H2,1-6H3,(H,103,134)(H,105,121)(H,106,140)(H,107,135)(H,108,122)(H,109,136)(H,110,141)(H,111,137)(H,112,138)(H,113,133)(H,114,139)(H,115,142)(H,123,124)(H,125,126)(H,127,128)(H,129,130)(H,131,132)(H,146,147)(H4,101,102,104)/t57-,58-,66-,67-,68-,69-,70+,71-,72-,73-,74+,75-,76-,84-/m0/s1. The third-order valence-electron chi connectivity index (χ3n) is 26.7. The van der Waals surface area contributed by atoms with Crippen molar-refractivity contribution in [3.63, 3.8) is 0 Å². The van der Waals surface area contributed by atoms with Crippen LogP contribution in [-0.2, 0) is 124 Å². The van der Waals surface area contributed by atoms with Crippen molar-refractivity contribution in [3.8, 4) is 5.75 Å². The molecule has 15 amide bonds. The summed E-state index contributed by atoms with van der Waals surface area (Å²) in [7, 11) is -4.22. The summed E-state index contributed by atoms with van der Waals surface area (Å²) < 4.78 is 30.1. The van der Waals surface area contributed by atoms with Gasteiger partial charge in [0.15, 0.2) is 5.96 Å². The molecule has 0 spiro atoms. The Morgan fingerprint density at radius 2 is 0.900 bits per heavy atom. The van der Waals surface area contributed by atoms with E-state index < -0.39 is 284 Å². The molecule has 7 rings (SSSR count). The summed E-state index contributed by atoms with van der Waals surface area (Å²) in [5.74, 6) is -23.7. The summed E-state index contributed by atoms with van der Waals surface area (Å²) in [4.78, 5) is 288. The van der Waals surface area contributed by atoms with Crippen LogP contribution < -0.4 is 79.6 Å². The summed E-state index contributed by atoms with van der Waals surface area (Å²) in [6.45, 7) is 10.1. The number of nitrogens with two attached hydrogens (primary N) is 1. The monoisotopic (exact) mass is 2120 g/mol. The van der Waals surface area contributed by atoms with E-state index in [2.05, 4.69) is 73.8 Å². The number of guanidine groups is 1. The molecule has 1 aliphatic carbocycles. The number of benzene rings is 3. The van der Waals surface area contributed by atoms with E-state index in [4.69, 9.17) is 11.1 Å². The van der Waals surface area contributed by atoms with E-state index in [0.29, 0.717) is 68.9 Å². The van der Waals surface area contributed by atoms with Gasteiger partial charge in [-0.2, -0.15) is 4.72 Å². The predicted octanol–water partition coefficient (Wildman–Crippen LogP) is 0.737. The molecule has 0 bridgehead atoms. The normalized spacial score (nSPS) is 17.4. The Kier molecular flexibility index (Phi) is 49.2. The molecule has 0 radical (unpaired) electrons. The number of carbonyl (C=O) groups is 21. The molecule has 3 aromatic carbocycles. The molecule has 4 fully saturated rings. The van der Waals surface area contributed by atoms with Crippen molar-refractivity contribution in [2.75, 3.05) is 39.3 Å². The average molecular weight is 2130 g/mol. The fourth-order valence-corrected chi connectivity index (χ4v) is 19.2. The Bertz CT molecular complexity index is 5370. The van der Waals surface area contributed by atoms with Crippen molar-refractivity contribution < 1.29 is 145 Å². The minimum Gasteiger partial charge on any atom is -0.508 e. The van der Waals surface area contributed by atoms with E-state index in [0.717, 1.165) is 34.6 Å². The molecule has 49 nitrogen and oxygen atoms in total. The Labute approximate surface area is 868 Å². The fraction of sp³-hybridized carbons (Fsp3) is 0.600. The highest BCUT2D eigenvalue weighted by Crippen LogP contribution is 2.31. The quantitative estimate of drug-likeness (QED) is 0.0210. The lowest BCUT2D eigenvalue weighted by atomic mass is 9.84. The molecule has 0 unspecified atom stereocenters. The summed E-state index contributed by atoms with van der Waals surface area (Å²) in [6.07, 6.45) is 1.03. The van der Waals surface area contributed by atoms with Crippen LogP contribution in [0.3, 0.4) is 0 Å². The predicted molar refractivity (Wildman–Crippen MR) is 537 cm³/mol. The Morgan fingerprint density at radius 3 is 1.47 bits per heavy atom. The first-order valence-electron chi connectivity index (χ1n) is 50.8. The number of sulfonamides is 1. The maximum absolute atomic E-state index is 15.0. The smallest absolute Gasteiger partial charge is 0.326 e. The first kappa shape index (κ1) is 122. The van der Waals surface area contributed by atoms with Crippen molar-refractivity contribution in [2.24, 2.45) is 17.6 Å². The van der Waals surface area contributed by atoms with Gasteiger partial charge >= 0.3 is 35.8 Å². The number of hydrogen-bond donors (Lipinski definition) is 23. The van der Waals surface area contributed by atoms with Crippen LogP contribution in [-0.4, -0.2) is 307 Å². The van der Waals surface area contributed by atoms with Crippen LogP contribution in [0, 0.1) is 17.2 Å². The highest BCUT2D eigenvalue weighted by atomic mass is 32.2. The van der Waals surface area contributed by atoms with Gasteiger partial charge in [-0.25, -0.2) is 13.2 Å². The largest absolute Gasteiger partial charge is 0.508 e. The van der Waals surface area contributed by atoms with Crippen LogP contribution in [0.2, 0.25) is 0 Å². The molecular weight excluding hydrogens is 1980 g/mol. The van der Waals surface area contributed by atoms with Crippen LogP contribution in [0.1, 0.15) is 261 Å². The molecule has 50 heteroatoms. The molecule has 150 heavy (non-hydrogen) atoms. The molecule has 3 aromatic rings. The molecule has 4 aliphatic rings. The number of aliphatic carboxylic acids is 6. The number of carboxylic acids is 6. The van der Waals surface area contributed by atoms with Gasteiger partial charge in [0.1, 0.15) is 84.3 Å². The first-order valence-corrected chi connectivity index (χ1v) is 52.3. The van der Waals surface area contributed by atoms with E-state index >= 15 is 0 Å². The number of nitrogens with one attached hydrogen (secondary N) is 15. The fourth-order valence-electron chi connectivity index (χ4n) is 18.0. The number of hydrogen-bond acceptors (Lipinski definition) is 25. The topological polar surface area (TPSA) is 762 Å². The van der Waals surface area contributed by atoms with Crippen LogP contribution in [0.4, 0.5) is 0 Å². The first-order chi connectivity index (χ1) is 70.9. The SMILES string of the molecule is CC[C@H](C)[C@H](NC(=O)[C@@H]1CCCN1C(=O)[C@H](CCC(=O)O)NC(=O)[C@H](Cc1ccc(O)cc1)NC(=O)[C@H](CC(=O)O)NC(=O)CNC(=O)CCCCCCNC(=O)c1ccc(CNC(=O)[C@H]2CCCCN2C(=O)[C@H](CCCNC(=N)N)NS(=O)(=O)c2ccc(C(C)(C)C)cc2)cc1)C(=O)N1CCC[C@H]1C(=O)N[C@@H](CCC(=O)O)C(=O)N[C@@H](CCC(=O)O)C(=O)N[C@@H](C)C(=O)N[C@@H](CC1CCCCC1)C(=O)N[C@H](CCC(=O)O)C(=O)O. The van der Waals surface area contributed by atoms with Crippen LogP contribution in [0.5, 0.6) is 5.75 Å². The zero-order chi connectivity index (χ0) is 111. The highest BCUT2D eigenvalue weighted by molar-refractivity contribution is 7.89. The molecule has 3 aliphatic heterocycles. The molecule has 3 heterocycles. The summed E-state index contributed by atoms with van der Waals surface area (Å²) in [6, 6.07) is -2.08. The Morgan fingerprint density at radius 1 is 0.427 bits per heavy atom. The second-order valence-corrected chi connectivity index (χ2v) is 41.0. The van der Waals surface area contributed by atoms with Gasteiger partial charge in [0.25, 0.3) is 5.91 Å². The maximum Gasteiger partial charge on any atom is 0.326 e. The Balaban J connectivity index is 0.913. The number of phenolic OH excluding ortho intramolecular Hbond substituents is 1. The molecule has 1 saturated carbocycles. The lowest BCUT2D eigenvalue weighted by Crippen LogP contribution is -2.61. The van der Waals surface area contributed by atoms with E-state index in [-0.39, 0.29) is 136 Å². The number of carboxylic acid groups (broad SMARTS) is 6. The zero-order valence-corrected chi connectivity index (χ0v) is 86.1. The number of phenols is 1. The number of rotatable bonds is 61. The number of aromatic hydroxyl groups is 1. The minimum atomic E-state index is -4.22. The molecule has 0 aromatic heterocycles. The van der Waals surface area contributed by atoms with E-state index in [1.807, 2.05) is 20.8 Å². The van der Waals surface area contributed by atoms with Crippen molar-refractivity contribution in [1.29, 1.82) is 5.41 Å². The minimum absolute atomic E-state index is 0.0285. The third-order valence-corrected chi connectivity index (χ3v) is 28.2. The van der Waals surface area contributed by atoms with Gasteiger partial charge < -0.3 is 125 Å². The number of carbonyl (C=O) groups excluding carboxylic acids is 15. The van der Waals surface area contributed by atoms with Gasteiger partial charge in [-0.05, 0) is 180 Å². The van der Waals surface area contributed by atoms with Gasteiger partial charge in [-0.1, -0.05) is 122 Å². The zero-order valence-electron chi connectivity index (χ0n) is 85.3. The molecule has 826 valence electrons. The Hall–Kier alpha value is -14.5. The van der Waals surface area contributed by atoms with E-state index in [1.165, 1.54) is 48.2 Å². The average Bonchev–Trinajstić information content (AvgIpc) is 1.70. The van der Waals surface area contributed by atoms with Crippen LogP contribution in [0.25, 0.3) is 0 Å². The van der Waals surface area contributed by atoms with Gasteiger partial charge in [0.05, 0.1) is 17.9 Å². The lowest BCUT2D eigenvalue weighted by molar-refractivity contribution is -0.146. The van der Waals surface area contributed by atoms with E-state index in [9.17, 15) is 145 Å². The van der Waals surface area contributed by atoms with Gasteiger partial charge in [-0.15, -0.1) is 0 Å². The number of nitrogens with zero attached hydrogens (tertiary/aromatic N) is 3. The molecule has 24 N–H and O–H groups in total. The maximum atomic E-state index is 15.0. The number of piperidine rings is 1. The van der Waals surface area contributed by atoms with Gasteiger partial charge in [0, 0.05) is 83.4 Å². The summed E-state index contributed by atoms with van der Waals surface area (Å²) >= 11 is 0. The third kappa shape index (κ3) is 40.5. The lowest BCUT2D eigenvalue weighted by Gasteiger charge is -2.37. The number of amides is 15. The molecule has 14 atom stereocenters. The van der Waals surface area contributed by atoms with Crippen molar-refractivity contribution in [1.82, 2.24) is 88.5 Å². The van der Waals surface area contributed by atoms with Crippen molar-refractivity contribution >= 4 is 140 Å². The molecule has 3 saturated heterocycles. The van der Waals surface area contributed by atoms with Crippen LogP contribution in [0.15, 0.2) is 77.7 Å². The van der Waals surface area contributed by atoms with Gasteiger partial charge in [0.2, 0.25) is 92.7 Å². The second kappa shape index (κ2) is 60.2.